The number of nitrogens with zero attached hydrogens (tertiary/aromatic N) is 1. The van der Waals surface area contributed by atoms with Gasteiger partial charge in [0.15, 0.2) is 9.84 Å². The minimum absolute atomic E-state index is 0.265. The largest absolute Gasteiger partial charge is 0.256 e. The molecule has 0 saturated carbocycles. The molecule has 5 heteroatoms. The molecule has 164 valence electrons. The molecule has 0 spiro atoms. The Balaban J connectivity index is 1.67. The molecule has 1 heterocycles. The number of aromatic nitrogens is 1. The van der Waals surface area contributed by atoms with Gasteiger partial charge in [-0.2, -0.15) is 0 Å². The van der Waals surface area contributed by atoms with E-state index in [9.17, 15) is 12.8 Å². The fraction of sp³-hybridized carbons (Fsp3) is 0.222. The van der Waals surface area contributed by atoms with Gasteiger partial charge in [-0.1, -0.05) is 38.1 Å². The lowest BCUT2D eigenvalue weighted by atomic mass is 9.92. The van der Waals surface area contributed by atoms with Crippen LogP contribution in [0.25, 0.3) is 22.0 Å². The molecule has 4 rings (SSSR count). The zero-order chi connectivity index (χ0) is 22.9. The maximum absolute atomic E-state index is 15.0. The minimum atomic E-state index is -3.20. The summed E-state index contributed by atoms with van der Waals surface area (Å²) < 4.78 is 38.2. The second-order valence-corrected chi connectivity index (χ2v) is 10.5. The van der Waals surface area contributed by atoms with E-state index in [1.807, 2.05) is 42.5 Å². The Hall–Kier alpha value is -3.05. The van der Waals surface area contributed by atoms with Crippen molar-refractivity contribution in [2.75, 3.05) is 6.26 Å². The van der Waals surface area contributed by atoms with Gasteiger partial charge in [-0.15, -0.1) is 0 Å². The van der Waals surface area contributed by atoms with Crippen LogP contribution in [0.4, 0.5) is 4.39 Å². The number of rotatable bonds is 6. The van der Waals surface area contributed by atoms with Crippen LogP contribution in [0.2, 0.25) is 0 Å². The fourth-order valence-electron chi connectivity index (χ4n) is 3.88. The first kappa shape index (κ1) is 22.2. The third-order valence-electron chi connectivity index (χ3n) is 5.77. The number of hydrogen-bond acceptors (Lipinski definition) is 3. The second-order valence-electron chi connectivity index (χ2n) is 8.53. The SMILES string of the molecule is CC(C)c1cc(-c2cc(CCc3ccc(S(C)(=O)=O)cc3)ccc2F)c2ncccc2c1. The van der Waals surface area contributed by atoms with Crippen molar-refractivity contribution in [2.45, 2.75) is 37.5 Å². The Morgan fingerprint density at radius 2 is 1.56 bits per heavy atom. The summed E-state index contributed by atoms with van der Waals surface area (Å²) in [6.07, 6.45) is 4.40. The van der Waals surface area contributed by atoms with Gasteiger partial charge >= 0.3 is 0 Å². The third kappa shape index (κ3) is 4.73. The standard InChI is InChI=1S/C27H26FNO2S/c1-18(2)22-16-21-5-4-14-29-27(21)25(17-22)24-15-20(10-13-26(24)28)7-6-19-8-11-23(12-9-19)32(3,30)31/h4-5,8-18H,6-7H2,1-3H3. The zero-order valence-electron chi connectivity index (χ0n) is 18.5. The molecule has 0 unspecified atom stereocenters. The number of pyridine rings is 1. The number of sulfone groups is 1. The van der Waals surface area contributed by atoms with Gasteiger partial charge in [-0.25, -0.2) is 12.8 Å². The van der Waals surface area contributed by atoms with Crippen LogP contribution in [0.5, 0.6) is 0 Å². The van der Waals surface area contributed by atoms with E-state index in [2.05, 4.69) is 24.9 Å². The lowest BCUT2D eigenvalue weighted by Gasteiger charge is -2.14. The van der Waals surface area contributed by atoms with Crippen LogP contribution in [0.3, 0.4) is 0 Å². The van der Waals surface area contributed by atoms with Gasteiger partial charge in [0, 0.05) is 29.0 Å². The van der Waals surface area contributed by atoms with Crippen molar-refractivity contribution in [3.63, 3.8) is 0 Å². The fourth-order valence-corrected chi connectivity index (χ4v) is 4.51. The Bertz CT molecular complexity index is 1380. The number of halogens is 1. The summed E-state index contributed by atoms with van der Waals surface area (Å²) in [6.45, 7) is 4.26. The predicted molar refractivity (Wildman–Crippen MR) is 128 cm³/mol. The lowest BCUT2D eigenvalue weighted by molar-refractivity contribution is 0.602. The first-order chi connectivity index (χ1) is 15.2. The smallest absolute Gasteiger partial charge is 0.175 e. The van der Waals surface area contributed by atoms with Crippen molar-refractivity contribution in [1.29, 1.82) is 0 Å². The molecule has 0 atom stereocenters. The molecule has 3 aromatic carbocycles. The van der Waals surface area contributed by atoms with E-state index in [-0.39, 0.29) is 5.82 Å². The average Bonchev–Trinajstić information content (AvgIpc) is 2.77. The topological polar surface area (TPSA) is 47.0 Å². The Morgan fingerprint density at radius 1 is 0.875 bits per heavy atom. The molecule has 0 fully saturated rings. The highest BCUT2D eigenvalue weighted by Gasteiger charge is 2.14. The van der Waals surface area contributed by atoms with E-state index in [1.165, 1.54) is 12.3 Å². The molecule has 0 aliphatic heterocycles. The van der Waals surface area contributed by atoms with Gasteiger partial charge in [0.05, 0.1) is 10.4 Å². The highest BCUT2D eigenvalue weighted by molar-refractivity contribution is 7.90. The lowest BCUT2D eigenvalue weighted by Crippen LogP contribution is -1.98. The van der Waals surface area contributed by atoms with Crippen LogP contribution in [-0.4, -0.2) is 19.7 Å². The van der Waals surface area contributed by atoms with Gasteiger partial charge in [0.2, 0.25) is 0 Å². The normalized spacial score (nSPS) is 11.9. The number of hydrogen-bond donors (Lipinski definition) is 0. The Labute approximate surface area is 188 Å². The van der Waals surface area contributed by atoms with Gasteiger partial charge < -0.3 is 0 Å². The van der Waals surface area contributed by atoms with Crippen molar-refractivity contribution in [1.82, 2.24) is 4.98 Å². The molecular weight excluding hydrogens is 421 g/mol. The molecule has 0 aliphatic carbocycles. The summed E-state index contributed by atoms with van der Waals surface area (Å²) in [4.78, 5) is 4.85. The van der Waals surface area contributed by atoms with E-state index in [1.54, 1.807) is 18.3 Å². The molecule has 0 bridgehead atoms. The van der Waals surface area contributed by atoms with Crippen molar-refractivity contribution in [3.8, 4) is 11.1 Å². The van der Waals surface area contributed by atoms with Crippen molar-refractivity contribution in [2.24, 2.45) is 0 Å². The Morgan fingerprint density at radius 3 is 2.25 bits per heavy atom. The average molecular weight is 448 g/mol. The van der Waals surface area contributed by atoms with E-state index < -0.39 is 9.84 Å². The van der Waals surface area contributed by atoms with Crippen molar-refractivity contribution in [3.05, 3.63) is 95.4 Å². The summed E-state index contributed by atoms with van der Waals surface area (Å²) in [5, 5.41) is 1.00. The summed E-state index contributed by atoms with van der Waals surface area (Å²) in [6, 6.07) is 20.3. The number of fused-ring (bicyclic) bond motifs is 1. The highest BCUT2D eigenvalue weighted by atomic mass is 32.2. The highest BCUT2D eigenvalue weighted by Crippen LogP contribution is 2.33. The molecule has 0 radical (unpaired) electrons. The summed E-state index contributed by atoms with van der Waals surface area (Å²) in [5.74, 6) is 0.0543. The van der Waals surface area contributed by atoms with Crippen molar-refractivity contribution >= 4 is 20.7 Å². The maximum Gasteiger partial charge on any atom is 0.175 e. The molecule has 1 aromatic heterocycles. The third-order valence-corrected chi connectivity index (χ3v) is 6.90. The Kier molecular flexibility index (Phi) is 6.11. The van der Waals surface area contributed by atoms with E-state index in [0.717, 1.165) is 46.0 Å². The van der Waals surface area contributed by atoms with Crippen LogP contribution in [0, 0.1) is 5.82 Å². The molecule has 0 aliphatic rings. The van der Waals surface area contributed by atoms with E-state index >= 15 is 0 Å². The van der Waals surface area contributed by atoms with E-state index in [0.29, 0.717) is 16.4 Å². The number of benzene rings is 3. The summed E-state index contributed by atoms with van der Waals surface area (Å²) >= 11 is 0. The van der Waals surface area contributed by atoms with Gasteiger partial charge in [0.1, 0.15) is 5.82 Å². The summed E-state index contributed by atoms with van der Waals surface area (Å²) in [7, 11) is -3.20. The first-order valence-corrected chi connectivity index (χ1v) is 12.6. The van der Waals surface area contributed by atoms with Gasteiger partial charge in [0.25, 0.3) is 0 Å². The number of aryl methyl sites for hydroxylation is 2. The van der Waals surface area contributed by atoms with Gasteiger partial charge in [-0.3, -0.25) is 4.98 Å². The monoisotopic (exact) mass is 447 g/mol. The molecule has 0 amide bonds. The van der Waals surface area contributed by atoms with E-state index in [4.69, 9.17) is 0 Å². The second kappa shape index (κ2) is 8.83. The van der Waals surface area contributed by atoms with Gasteiger partial charge in [-0.05, 0) is 77.9 Å². The van der Waals surface area contributed by atoms with Crippen LogP contribution in [-0.2, 0) is 22.7 Å². The van der Waals surface area contributed by atoms with Crippen molar-refractivity contribution < 1.29 is 12.8 Å². The molecule has 4 aromatic rings. The van der Waals surface area contributed by atoms with Crippen LogP contribution >= 0.6 is 0 Å². The predicted octanol–water partition coefficient (Wildman–Crippen LogP) is 6.35. The first-order valence-electron chi connectivity index (χ1n) is 10.7. The van der Waals surface area contributed by atoms with Crippen LogP contribution in [0.1, 0.15) is 36.5 Å². The molecule has 0 saturated heterocycles. The molecule has 3 nitrogen and oxygen atoms in total. The zero-order valence-corrected chi connectivity index (χ0v) is 19.3. The molecular formula is C27H26FNO2S. The van der Waals surface area contributed by atoms with Crippen LogP contribution < -0.4 is 0 Å². The quantitative estimate of drug-likeness (QED) is 0.346. The maximum atomic E-state index is 15.0. The minimum Gasteiger partial charge on any atom is -0.256 e. The molecule has 32 heavy (non-hydrogen) atoms. The summed E-state index contributed by atoms with van der Waals surface area (Å²) in [5.41, 5.74) is 5.37. The van der Waals surface area contributed by atoms with Crippen LogP contribution in [0.15, 0.2) is 77.8 Å². The molecule has 0 N–H and O–H groups in total.